The quantitative estimate of drug-likeness (QED) is 0.586. The molecule has 11 heteroatoms. The van der Waals surface area contributed by atoms with Crippen LogP contribution in [0.4, 0.5) is 24.7 Å². The minimum Gasteiger partial charge on any atom is -0.378 e. The number of nitrogens with one attached hydrogen (secondary N) is 2. The standard InChI is InChI=1S/C18H14ClF3N4O2S/c1-10(13-6-11(19)2-3-14(13)20)25-12-7-15(21)18(16(22)8-12)29(27,28)26-17-4-5-23-9-24-17/h2-10,25H,1H3,(H,23,24,26)/t10-/m0/s1. The van der Waals surface area contributed by atoms with E-state index in [-0.39, 0.29) is 17.1 Å². The van der Waals surface area contributed by atoms with E-state index >= 15 is 0 Å². The van der Waals surface area contributed by atoms with Gasteiger partial charge in [0, 0.05) is 22.5 Å². The number of aromatic nitrogens is 2. The molecule has 3 aromatic rings. The predicted octanol–water partition coefficient (Wildman–Crippen LogP) is 4.52. The smallest absolute Gasteiger partial charge is 0.268 e. The highest BCUT2D eigenvalue weighted by atomic mass is 35.5. The third-order valence-corrected chi connectivity index (χ3v) is 5.54. The van der Waals surface area contributed by atoms with E-state index in [2.05, 4.69) is 15.3 Å². The second-order valence-corrected chi connectivity index (χ2v) is 8.06. The van der Waals surface area contributed by atoms with Crippen LogP contribution in [0.25, 0.3) is 0 Å². The summed E-state index contributed by atoms with van der Waals surface area (Å²) in [5.74, 6) is -3.35. The molecule has 0 unspecified atom stereocenters. The van der Waals surface area contributed by atoms with Crippen molar-refractivity contribution in [2.24, 2.45) is 0 Å². The van der Waals surface area contributed by atoms with E-state index < -0.39 is 38.4 Å². The molecule has 0 saturated heterocycles. The van der Waals surface area contributed by atoms with E-state index in [9.17, 15) is 21.6 Å². The summed E-state index contributed by atoms with van der Waals surface area (Å²) in [5, 5.41) is 3.02. The van der Waals surface area contributed by atoms with Crippen molar-refractivity contribution in [1.29, 1.82) is 0 Å². The van der Waals surface area contributed by atoms with Crippen molar-refractivity contribution in [3.05, 3.63) is 77.0 Å². The van der Waals surface area contributed by atoms with Crippen LogP contribution < -0.4 is 10.0 Å². The first-order valence-electron chi connectivity index (χ1n) is 8.17. The van der Waals surface area contributed by atoms with E-state index in [1.807, 2.05) is 4.72 Å². The molecule has 0 bridgehead atoms. The van der Waals surface area contributed by atoms with Crippen LogP contribution in [0.15, 0.2) is 53.8 Å². The van der Waals surface area contributed by atoms with Crippen molar-refractivity contribution in [2.45, 2.75) is 17.9 Å². The molecular formula is C18H14ClF3N4O2S. The first-order chi connectivity index (χ1) is 13.7. The Morgan fingerprint density at radius 2 is 1.72 bits per heavy atom. The van der Waals surface area contributed by atoms with Crippen molar-refractivity contribution in [3.63, 3.8) is 0 Å². The van der Waals surface area contributed by atoms with Gasteiger partial charge in [-0.2, -0.15) is 0 Å². The monoisotopic (exact) mass is 442 g/mol. The van der Waals surface area contributed by atoms with Gasteiger partial charge in [0.15, 0.2) is 4.90 Å². The van der Waals surface area contributed by atoms with Crippen molar-refractivity contribution in [1.82, 2.24) is 9.97 Å². The summed E-state index contributed by atoms with van der Waals surface area (Å²) >= 11 is 5.85. The Kier molecular flexibility index (Phi) is 5.94. The predicted molar refractivity (Wildman–Crippen MR) is 103 cm³/mol. The Morgan fingerprint density at radius 1 is 1.03 bits per heavy atom. The highest BCUT2D eigenvalue weighted by Gasteiger charge is 2.26. The number of rotatable bonds is 6. The largest absolute Gasteiger partial charge is 0.378 e. The highest BCUT2D eigenvalue weighted by Crippen LogP contribution is 2.28. The van der Waals surface area contributed by atoms with Gasteiger partial charge in [-0.25, -0.2) is 31.6 Å². The van der Waals surface area contributed by atoms with Crippen LogP contribution in [0.2, 0.25) is 5.02 Å². The summed E-state index contributed by atoms with van der Waals surface area (Å²) < 4.78 is 69.6. The summed E-state index contributed by atoms with van der Waals surface area (Å²) in [6.07, 6.45) is 2.34. The number of halogens is 4. The lowest BCUT2D eigenvalue weighted by Gasteiger charge is -2.18. The summed E-state index contributed by atoms with van der Waals surface area (Å²) in [6.45, 7) is 1.56. The summed E-state index contributed by atoms with van der Waals surface area (Å²) in [7, 11) is -4.58. The van der Waals surface area contributed by atoms with Gasteiger partial charge in [0.2, 0.25) is 0 Å². The van der Waals surface area contributed by atoms with Gasteiger partial charge in [-0.15, -0.1) is 0 Å². The van der Waals surface area contributed by atoms with E-state index in [4.69, 9.17) is 11.6 Å². The molecule has 0 fully saturated rings. The second-order valence-electron chi connectivity index (χ2n) is 6.00. The van der Waals surface area contributed by atoms with E-state index in [1.165, 1.54) is 30.5 Å². The summed E-state index contributed by atoms with van der Waals surface area (Å²) in [6, 6.07) is 6.06. The van der Waals surface area contributed by atoms with Gasteiger partial charge >= 0.3 is 0 Å². The topological polar surface area (TPSA) is 84.0 Å². The first-order valence-corrected chi connectivity index (χ1v) is 10.0. The van der Waals surface area contributed by atoms with E-state index in [1.54, 1.807) is 6.92 Å². The molecule has 6 nitrogen and oxygen atoms in total. The van der Waals surface area contributed by atoms with Gasteiger partial charge in [-0.3, -0.25) is 4.72 Å². The minimum atomic E-state index is -4.58. The Balaban J connectivity index is 1.88. The van der Waals surface area contributed by atoms with E-state index in [0.29, 0.717) is 5.02 Å². The van der Waals surface area contributed by atoms with Crippen molar-refractivity contribution >= 4 is 33.1 Å². The number of benzene rings is 2. The number of hydrogen-bond donors (Lipinski definition) is 2. The molecular weight excluding hydrogens is 429 g/mol. The van der Waals surface area contributed by atoms with Gasteiger partial charge in [0.25, 0.3) is 10.0 Å². The fraction of sp³-hybridized carbons (Fsp3) is 0.111. The Labute approximate surface area is 169 Å². The molecule has 0 aliphatic rings. The maximum Gasteiger partial charge on any atom is 0.268 e. The van der Waals surface area contributed by atoms with Gasteiger partial charge < -0.3 is 5.32 Å². The zero-order valence-electron chi connectivity index (χ0n) is 14.8. The molecule has 0 aliphatic carbocycles. The third-order valence-electron chi connectivity index (χ3n) is 3.90. The minimum absolute atomic E-state index is 0.0761. The molecule has 0 saturated carbocycles. The van der Waals surface area contributed by atoms with Crippen LogP contribution >= 0.6 is 11.6 Å². The number of sulfonamides is 1. The average molecular weight is 443 g/mol. The Hall–Kier alpha value is -2.85. The van der Waals surface area contributed by atoms with Crippen molar-refractivity contribution < 1.29 is 21.6 Å². The first kappa shape index (κ1) is 20.9. The van der Waals surface area contributed by atoms with Crippen LogP contribution in [0.3, 0.4) is 0 Å². The highest BCUT2D eigenvalue weighted by molar-refractivity contribution is 7.92. The average Bonchev–Trinajstić information content (AvgIpc) is 2.63. The van der Waals surface area contributed by atoms with Crippen LogP contribution in [0.1, 0.15) is 18.5 Å². The lowest BCUT2D eigenvalue weighted by molar-refractivity contribution is 0.521. The Morgan fingerprint density at radius 3 is 2.34 bits per heavy atom. The molecule has 1 heterocycles. The number of anilines is 2. The van der Waals surface area contributed by atoms with Crippen LogP contribution in [-0.2, 0) is 10.0 Å². The molecule has 0 radical (unpaired) electrons. The molecule has 152 valence electrons. The maximum atomic E-state index is 14.5. The molecule has 2 aromatic carbocycles. The van der Waals surface area contributed by atoms with Gasteiger partial charge in [-0.1, -0.05) is 11.6 Å². The normalized spacial score (nSPS) is 12.4. The van der Waals surface area contributed by atoms with Crippen molar-refractivity contribution in [2.75, 3.05) is 10.0 Å². The summed E-state index contributed by atoms with van der Waals surface area (Å²) in [4.78, 5) is 6.11. The summed E-state index contributed by atoms with van der Waals surface area (Å²) in [5.41, 5.74) is 0.105. The van der Waals surface area contributed by atoms with E-state index in [0.717, 1.165) is 18.5 Å². The molecule has 0 aliphatic heterocycles. The third kappa shape index (κ3) is 4.77. The van der Waals surface area contributed by atoms with Crippen molar-refractivity contribution in [3.8, 4) is 0 Å². The van der Waals surface area contributed by atoms with Gasteiger partial charge in [0.05, 0.1) is 6.04 Å². The Bertz CT molecular complexity index is 1120. The maximum absolute atomic E-state index is 14.5. The van der Waals surface area contributed by atoms with Crippen LogP contribution in [0.5, 0.6) is 0 Å². The van der Waals surface area contributed by atoms with Gasteiger partial charge in [-0.05, 0) is 43.3 Å². The van der Waals surface area contributed by atoms with Gasteiger partial charge in [0.1, 0.15) is 29.6 Å². The van der Waals surface area contributed by atoms with Crippen LogP contribution in [-0.4, -0.2) is 18.4 Å². The molecule has 0 spiro atoms. The van der Waals surface area contributed by atoms with Crippen LogP contribution in [0, 0.1) is 17.5 Å². The molecule has 1 atom stereocenters. The lowest BCUT2D eigenvalue weighted by atomic mass is 10.1. The zero-order valence-corrected chi connectivity index (χ0v) is 16.4. The molecule has 2 N–H and O–H groups in total. The molecule has 1 aromatic heterocycles. The molecule has 0 amide bonds. The molecule has 29 heavy (non-hydrogen) atoms. The number of hydrogen-bond acceptors (Lipinski definition) is 5. The SMILES string of the molecule is C[C@H](Nc1cc(F)c(S(=O)(=O)Nc2ccncn2)c(F)c1)c1cc(Cl)ccc1F. The second kappa shape index (κ2) is 8.26. The number of nitrogens with zero attached hydrogens (tertiary/aromatic N) is 2. The zero-order chi connectivity index (χ0) is 21.2. The lowest BCUT2D eigenvalue weighted by Crippen LogP contribution is -2.18. The fourth-order valence-electron chi connectivity index (χ4n) is 2.61. The fourth-order valence-corrected chi connectivity index (χ4v) is 3.92. The molecule has 3 rings (SSSR count).